The van der Waals surface area contributed by atoms with E-state index in [-0.39, 0.29) is 5.57 Å². The van der Waals surface area contributed by atoms with Gasteiger partial charge in [0.05, 0.1) is 11.0 Å². The molecule has 26 heavy (non-hydrogen) atoms. The van der Waals surface area contributed by atoms with Crippen molar-refractivity contribution in [3.05, 3.63) is 83.9 Å². The molecule has 0 saturated carbocycles. The zero-order valence-electron chi connectivity index (χ0n) is 13.8. The number of carboxylic acids is 1. The van der Waals surface area contributed by atoms with Crippen LogP contribution >= 0.6 is 0 Å². The van der Waals surface area contributed by atoms with E-state index in [9.17, 15) is 4.79 Å². The third-order valence-electron chi connectivity index (χ3n) is 4.37. The summed E-state index contributed by atoms with van der Waals surface area (Å²) >= 11 is 0. The molecule has 0 unspecified atom stereocenters. The summed E-state index contributed by atoms with van der Waals surface area (Å²) in [6.45, 7) is 0. The van der Waals surface area contributed by atoms with Gasteiger partial charge in [-0.2, -0.15) is 5.26 Å². The van der Waals surface area contributed by atoms with Gasteiger partial charge in [0, 0.05) is 16.5 Å². The molecule has 0 fully saturated rings. The van der Waals surface area contributed by atoms with Crippen LogP contribution < -0.4 is 0 Å². The molecule has 0 aliphatic carbocycles. The van der Waals surface area contributed by atoms with Gasteiger partial charge in [-0.15, -0.1) is 0 Å². The quantitative estimate of drug-likeness (QED) is 0.432. The maximum Gasteiger partial charge on any atom is 0.346 e. The van der Waals surface area contributed by atoms with Crippen LogP contribution in [0, 0.1) is 11.3 Å². The summed E-state index contributed by atoms with van der Waals surface area (Å²) in [6.07, 6.45) is 1.40. The van der Waals surface area contributed by atoms with Crippen molar-refractivity contribution in [2.75, 3.05) is 0 Å². The van der Waals surface area contributed by atoms with Crippen LogP contribution in [0.1, 0.15) is 5.56 Å². The SMILES string of the molecule is N#C/C(=C/c1ccc2c(c1)c1ccccc1n2-c1ccccc1)C(=O)O. The Morgan fingerprint density at radius 1 is 0.923 bits per heavy atom. The molecule has 1 aromatic heterocycles. The summed E-state index contributed by atoms with van der Waals surface area (Å²) in [6, 6.07) is 25.6. The Kier molecular flexibility index (Phi) is 3.75. The number of hydrogen-bond donors (Lipinski definition) is 1. The van der Waals surface area contributed by atoms with E-state index in [2.05, 4.69) is 22.8 Å². The molecule has 0 aliphatic heterocycles. The number of carbonyl (C=O) groups is 1. The first kappa shape index (κ1) is 15.7. The summed E-state index contributed by atoms with van der Waals surface area (Å²) in [7, 11) is 0. The summed E-state index contributed by atoms with van der Waals surface area (Å²) in [5.41, 5.74) is 3.57. The predicted octanol–water partition coefficient (Wildman–Crippen LogP) is 4.78. The molecule has 4 rings (SSSR count). The standard InChI is InChI=1S/C22H14N2O2/c23-14-16(22(25)26)12-15-10-11-21-19(13-15)18-8-4-5-9-20(18)24(21)17-6-2-1-3-7-17/h1-13H,(H,25,26)/b16-12-. The van der Waals surface area contributed by atoms with Crippen molar-refractivity contribution < 1.29 is 9.90 Å². The summed E-state index contributed by atoms with van der Waals surface area (Å²) in [5, 5.41) is 20.2. The Morgan fingerprint density at radius 3 is 2.35 bits per heavy atom. The van der Waals surface area contributed by atoms with Gasteiger partial charge in [-0.25, -0.2) is 4.79 Å². The highest BCUT2D eigenvalue weighted by Gasteiger charge is 2.12. The molecule has 0 amide bonds. The number of aromatic nitrogens is 1. The average molecular weight is 338 g/mol. The van der Waals surface area contributed by atoms with Crippen molar-refractivity contribution in [2.24, 2.45) is 0 Å². The number of benzene rings is 3. The van der Waals surface area contributed by atoms with Crippen LogP contribution in [0.2, 0.25) is 0 Å². The van der Waals surface area contributed by atoms with E-state index in [0.29, 0.717) is 5.56 Å². The van der Waals surface area contributed by atoms with Crippen LogP contribution in [0.15, 0.2) is 78.4 Å². The average Bonchev–Trinajstić information content (AvgIpc) is 3.00. The second kappa shape index (κ2) is 6.23. The molecule has 1 N–H and O–H groups in total. The van der Waals surface area contributed by atoms with Crippen LogP contribution in [-0.4, -0.2) is 15.6 Å². The van der Waals surface area contributed by atoms with Crippen molar-refractivity contribution in [3.8, 4) is 11.8 Å². The smallest absolute Gasteiger partial charge is 0.346 e. The first-order chi connectivity index (χ1) is 12.7. The number of carboxylic acid groups (broad SMARTS) is 1. The first-order valence-electron chi connectivity index (χ1n) is 8.13. The molecule has 0 atom stereocenters. The third-order valence-corrected chi connectivity index (χ3v) is 4.37. The normalized spacial score (nSPS) is 11.6. The molecule has 4 heteroatoms. The van der Waals surface area contributed by atoms with Gasteiger partial charge in [0.25, 0.3) is 0 Å². The highest BCUT2D eigenvalue weighted by Crippen LogP contribution is 2.32. The Morgan fingerprint density at radius 2 is 1.62 bits per heavy atom. The maximum atomic E-state index is 11.1. The van der Waals surface area contributed by atoms with Gasteiger partial charge in [0.2, 0.25) is 0 Å². The minimum absolute atomic E-state index is 0.281. The Balaban J connectivity index is 2.03. The van der Waals surface area contributed by atoms with E-state index in [1.807, 2.05) is 54.6 Å². The first-order valence-corrected chi connectivity index (χ1v) is 8.13. The minimum Gasteiger partial charge on any atom is -0.477 e. The number of fused-ring (bicyclic) bond motifs is 3. The van der Waals surface area contributed by atoms with Crippen molar-refractivity contribution in [2.45, 2.75) is 0 Å². The fourth-order valence-corrected chi connectivity index (χ4v) is 3.24. The van der Waals surface area contributed by atoms with Gasteiger partial charge in [0.1, 0.15) is 11.6 Å². The van der Waals surface area contributed by atoms with E-state index >= 15 is 0 Å². The summed E-state index contributed by atoms with van der Waals surface area (Å²) in [4.78, 5) is 11.1. The Bertz CT molecular complexity index is 1210. The van der Waals surface area contributed by atoms with Crippen LogP contribution in [0.4, 0.5) is 0 Å². The van der Waals surface area contributed by atoms with Crippen LogP contribution in [-0.2, 0) is 4.79 Å². The number of nitrogens with zero attached hydrogens (tertiary/aromatic N) is 2. The van der Waals surface area contributed by atoms with Crippen molar-refractivity contribution in [3.63, 3.8) is 0 Å². The van der Waals surface area contributed by atoms with Crippen LogP contribution in [0.3, 0.4) is 0 Å². The van der Waals surface area contributed by atoms with E-state index in [4.69, 9.17) is 10.4 Å². The fraction of sp³-hybridized carbons (Fsp3) is 0. The van der Waals surface area contributed by atoms with Crippen LogP contribution in [0.5, 0.6) is 0 Å². The molecule has 0 bridgehead atoms. The van der Waals surface area contributed by atoms with E-state index in [0.717, 1.165) is 27.5 Å². The highest BCUT2D eigenvalue weighted by molar-refractivity contribution is 6.10. The van der Waals surface area contributed by atoms with Gasteiger partial charge in [-0.1, -0.05) is 42.5 Å². The largest absolute Gasteiger partial charge is 0.477 e. The summed E-state index contributed by atoms with van der Waals surface area (Å²) in [5.74, 6) is -1.22. The van der Waals surface area contributed by atoms with Crippen LogP contribution in [0.25, 0.3) is 33.6 Å². The predicted molar refractivity (Wildman–Crippen MR) is 102 cm³/mol. The van der Waals surface area contributed by atoms with Crippen molar-refractivity contribution in [1.82, 2.24) is 4.57 Å². The monoisotopic (exact) mass is 338 g/mol. The second-order valence-electron chi connectivity index (χ2n) is 5.94. The lowest BCUT2D eigenvalue weighted by atomic mass is 10.1. The zero-order chi connectivity index (χ0) is 18.1. The molecule has 0 saturated heterocycles. The Hall–Kier alpha value is -3.84. The van der Waals surface area contributed by atoms with Gasteiger partial charge in [-0.3, -0.25) is 0 Å². The molecule has 4 nitrogen and oxygen atoms in total. The number of nitriles is 1. The van der Waals surface area contributed by atoms with Gasteiger partial charge in [0.15, 0.2) is 0 Å². The van der Waals surface area contributed by atoms with Gasteiger partial charge < -0.3 is 9.67 Å². The zero-order valence-corrected chi connectivity index (χ0v) is 13.8. The molecule has 4 aromatic rings. The topological polar surface area (TPSA) is 66.0 Å². The van der Waals surface area contributed by atoms with Crippen molar-refractivity contribution in [1.29, 1.82) is 5.26 Å². The maximum absolute atomic E-state index is 11.1. The van der Waals surface area contributed by atoms with Gasteiger partial charge >= 0.3 is 5.97 Å². The molecule has 124 valence electrons. The van der Waals surface area contributed by atoms with E-state index in [1.165, 1.54) is 6.08 Å². The number of aliphatic carboxylic acids is 1. The van der Waals surface area contributed by atoms with E-state index < -0.39 is 5.97 Å². The minimum atomic E-state index is -1.22. The lowest BCUT2D eigenvalue weighted by molar-refractivity contribution is -0.132. The summed E-state index contributed by atoms with van der Waals surface area (Å²) < 4.78 is 2.18. The Labute approximate surface area is 149 Å². The second-order valence-corrected chi connectivity index (χ2v) is 5.94. The molecule has 0 spiro atoms. The molecular weight excluding hydrogens is 324 g/mol. The van der Waals surface area contributed by atoms with Crippen molar-refractivity contribution >= 4 is 33.9 Å². The number of rotatable bonds is 3. The molecule has 0 aliphatic rings. The van der Waals surface area contributed by atoms with E-state index in [1.54, 1.807) is 6.07 Å². The third kappa shape index (κ3) is 2.52. The molecular formula is C22H14N2O2. The lowest BCUT2D eigenvalue weighted by Crippen LogP contribution is -1.97. The number of hydrogen-bond acceptors (Lipinski definition) is 2. The molecule has 0 radical (unpaired) electrons. The highest BCUT2D eigenvalue weighted by atomic mass is 16.4. The van der Waals surface area contributed by atoms with Gasteiger partial charge in [-0.05, 0) is 42.0 Å². The number of para-hydroxylation sites is 2. The fourth-order valence-electron chi connectivity index (χ4n) is 3.24. The molecule has 1 heterocycles. The molecule has 3 aromatic carbocycles. The lowest BCUT2D eigenvalue weighted by Gasteiger charge is -2.07.